The fraction of sp³-hybridized carbons (Fsp3) is 0.167. The standard InChI is InChI=1S/C12H10FIN4S/c1-17-7(2-3-15-17)6-18-11-4-8(13)9(14)5-10(11)16-12(18)19/h2-5H,6H2,1H3,(H,16,19). The van der Waals surface area contributed by atoms with Gasteiger partial charge in [-0.15, -0.1) is 0 Å². The predicted molar refractivity (Wildman–Crippen MR) is 82.1 cm³/mol. The molecule has 0 radical (unpaired) electrons. The molecule has 7 heteroatoms. The molecule has 3 aromatic rings. The number of nitrogens with zero attached hydrogens (tertiary/aromatic N) is 3. The van der Waals surface area contributed by atoms with Crippen molar-refractivity contribution in [1.82, 2.24) is 19.3 Å². The van der Waals surface area contributed by atoms with Crippen molar-refractivity contribution in [3.8, 4) is 0 Å². The minimum Gasteiger partial charge on any atom is -0.331 e. The second kappa shape index (κ2) is 4.71. The molecule has 3 rings (SSSR count). The smallest absolute Gasteiger partial charge is 0.178 e. The van der Waals surface area contributed by atoms with Crippen molar-refractivity contribution in [3.63, 3.8) is 0 Å². The van der Waals surface area contributed by atoms with Crippen LogP contribution in [0.5, 0.6) is 0 Å². The third-order valence-electron chi connectivity index (χ3n) is 3.06. The Labute approximate surface area is 127 Å². The molecule has 0 aliphatic heterocycles. The lowest BCUT2D eigenvalue weighted by Crippen LogP contribution is -2.05. The Morgan fingerprint density at radius 3 is 2.95 bits per heavy atom. The van der Waals surface area contributed by atoms with E-state index in [0.717, 1.165) is 16.7 Å². The lowest BCUT2D eigenvalue weighted by molar-refractivity contribution is 0.620. The van der Waals surface area contributed by atoms with E-state index in [0.29, 0.717) is 14.9 Å². The van der Waals surface area contributed by atoms with Gasteiger partial charge in [0.1, 0.15) is 5.82 Å². The van der Waals surface area contributed by atoms with Gasteiger partial charge in [0.2, 0.25) is 0 Å². The molecule has 0 unspecified atom stereocenters. The Kier molecular flexibility index (Phi) is 3.17. The Balaban J connectivity index is 2.18. The van der Waals surface area contributed by atoms with Crippen LogP contribution in [0.4, 0.5) is 4.39 Å². The van der Waals surface area contributed by atoms with E-state index in [-0.39, 0.29) is 5.82 Å². The number of hydrogen-bond acceptors (Lipinski definition) is 2. The second-order valence-electron chi connectivity index (χ2n) is 4.25. The van der Waals surface area contributed by atoms with Crippen LogP contribution < -0.4 is 0 Å². The van der Waals surface area contributed by atoms with Crippen molar-refractivity contribution in [2.75, 3.05) is 0 Å². The Bertz CT molecular complexity index is 817. The number of rotatable bonds is 2. The average molecular weight is 388 g/mol. The van der Waals surface area contributed by atoms with Crippen LogP contribution in [-0.2, 0) is 13.6 Å². The highest BCUT2D eigenvalue weighted by Crippen LogP contribution is 2.21. The van der Waals surface area contributed by atoms with Crippen LogP contribution in [0.15, 0.2) is 24.4 Å². The molecule has 1 aromatic carbocycles. The number of imidazole rings is 1. The maximum atomic E-state index is 13.7. The zero-order valence-electron chi connectivity index (χ0n) is 10.0. The highest BCUT2D eigenvalue weighted by Gasteiger charge is 2.10. The van der Waals surface area contributed by atoms with Crippen molar-refractivity contribution in [2.24, 2.45) is 7.05 Å². The largest absolute Gasteiger partial charge is 0.331 e. The second-order valence-corrected chi connectivity index (χ2v) is 5.79. The number of aromatic amines is 1. The fourth-order valence-electron chi connectivity index (χ4n) is 2.03. The van der Waals surface area contributed by atoms with Gasteiger partial charge in [-0.05, 0) is 46.9 Å². The van der Waals surface area contributed by atoms with Crippen LogP contribution in [-0.4, -0.2) is 19.3 Å². The minimum absolute atomic E-state index is 0.235. The van der Waals surface area contributed by atoms with Crippen molar-refractivity contribution in [3.05, 3.63) is 44.2 Å². The summed E-state index contributed by atoms with van der Waals surface area (Å²) in [6.45, 7) is 0.565. The zero-order chi connectivity index (χ0) is 13.6. The zero-order valence-corrected chi connectivity index (χ0v) is 13.0. The minimum atomic E-state index is -0.235. The third-order valence-corrected chi connectivity index (χ3v) is 4.21. The van der Waals surface area contributed by atoms with Crippen LogP contribution in [0, 0.1) is 14.2 Å². The number of hydrogen-bond donors (Lipinski definition) is 1. The van der Waals surface area contributed by atoms with Crippen LogP contribution >= 0.6 is 34.8 Å². The number of aromatic nitrogens is 4. The molecule has 0 aliphatic rings. The monoisotopic (exact) mass is 388 g/mol. The molecule has 98 valence electrons. The highest BCUT2D eigenvalue weighted by molar-refractivity contribution is 14.1. The van der Waals surface area contributed by atoms with Gasteiger partial charge in [0.15, 0.2) is 4.77 Å². The van der Waals surface area contributed by atoms with Gasteiger partial charge in [-0.3, -0.25) is 4.68 Å². The number of fused-ring (bicyclic) bond motifs is 1. The Morgan fingerprint density at radius 2 is 2.26 bits per heavy atom. The molecule has 2 heterocycles. The van der Waals surface area contributed by atoms with Crippen molar-refractivity contribution >= 4 is 45.8 Å². The summed E-state index contributed by atoms with van der Waals surface area (Å²) >= 11 is 7.28. The van der Waals surface area contributed by atoms with Gasteiger partial charge in [0, 0.05) is 19.3 Å². The molecule has 0 amide bonds. The summed E-state index contributed by atoms with van der Waals surface area (Å²) in [7, 11) is 1.87. The molecule has 0 bridgehead atoms. The fourth-order valence-corrected chi connectivity index (χ4v) is 2.77. The van der Waals surface area contributed by atoms with Gasteiger partial charge in [-0.25, -0.2) is 4.39 Å². The normalized spacial score (nSPS) is 11.3. The van der Waals surface area contributed by atoms with Crippen molar-refractivity contribution in [1.29, 1.82) is 0 Å². The van der Waals surface area contributed by atoms with E-state index in [2.05, 4.69) is 10.1 Å². The van der Waals surface area contributed by atoms with E-state index >= 15 is 0 Å². The van der Waals surface area contributed by atoms with E-state index in [1.54, 1.807) is 16.9 Å². The summed E-state index contributed by atoms with van der Waals surface area (Å²) in [4.78, 5) is 3.10. The summed E-state index contributed by atoms with van der Waals surface area (Å²) in [5.74, 6) is -0.235. The van der Waals surface area contributed by atoms with Gasteiger partial charge in [0.05, 0.1) is 26.8 Å². The number of H-pyrrole nitrogens is 1. The van der Waals surface area contributed by atoms with Gasteiger partial charge < -0.3 is 9.55 Å². The molecule has 0 spiro atoms. The molecule has 0 saturated carbocycles. The number of nitrogens with one attached hydrogen (secondary N) is 1. The number of halogens is 2. The summed E-state index contributed by atoms with van der Waals surface area (Å²) < 4.78 is 18.5. The maximum Gasteiger partial charge on any atom is 0.178 e. The SMILES string of the molecule is Cn1nccc1Cn1c(=S)[nH]c2cc(I)c(F)cc21. The molecule has 0 atom stereocenters. The first-order valence-corrected chi connectivity index (χ1v) is 7.09. The molecule has 1 N–H and O–H groups in total. The maximum absolute atomic E-state index is 13.7. The predicted octanol–water partition coefficient (Wildman–Crippen LogP) is 3.22. The molecule has 19 heavy (non-hydrogen) atoms. The molecule has 0 fully saturated rings. The Hall–Kier alpha value is -1.22. The Morgan fingerprint density at radius 1 is 1.47 bits per heavy atom. The lowest BCUT2D eigenvalue weighted by atomic mass is 10.3. The number of benzene rings is 1. The van der Waals surface area contributed by atoms with E-state index in [4.69, 9.17) is 12.2 Å². The van der Waals surface area contributed by atoms with E-state index in [1.807, 2.05) is 40.3 Å². The summed E-state index contributed by atoms with van der Waals surface area (Å²) in [6.07, 6.45) is 1.73. The molecule has 0 aliphatic carbocycles. The molecular formula is C12H10FIN4S. The van der Waals surface area contributed by atoms with Crippen molar-refractivity contribution in [2.45, 2.75) is 6.54 Å². The van der Waals surface area contributed by atoms with Gasteiger partial charge >= 0.3 is 0 Å². The molecule has 0 saturated heterocycles. The first-order chi connectivity index (χ1) is 9.06. The summed E-state index contributed by atoms with van der Waals surface area (Å²) in [5.41, 5.74) is 2.62. The first kappa shape index (κ1) is 12.8. The van der Waals surface area contributed by atoms with Crippen LogP contribution in [0.3, 0.4) is 0 Å². The molecule has 2 aromatic heterocycles. The average Bonchev–Trinajstić information content (AvgIpc) is 2.88. The van der Waals surface area contributed by atoms with Gasteiger partial charge in [-0.1, -0.05) is 0 Å². The molecule has 4 nitrogen and oxygen atoms in total. The van der Waals surface area contributed by atoms with E-state index in [9.17, 15) is 4.39 Å². The van der Waals surface area contributed by atoms with Gasteiger partial charge in [-0.2, -0.15) is 5.10 Å². The van der Waals surface area contributed by atoms with Gasteiger partial charge in [0.25, 0.3) is 0 Å². The van der Waals surface area contributed by atoms with E-state index in [1.165, 1.54) is 6.07 Å². The summed E-state index contributed by atoms with van der Waals surface area (Å²) in [5, 5.41) is 4.12. The van der Waals surface area contributed by atoms with Crippen LogP contribution in [0.2, 0.25) is 0 Å². The topological polar surface area (TPSA) is 38.5 Å². The van der Waals surface area contributed by atoms with Crippen molar-refractivity contribution < 1.29 is 4.39 Å². The van der Waals surface area contributed by atoms with E-state index < -0.39 is 0 Å². The lowest BCUT2D eigenvalue weighted by Gasteiger charge is -2.05. The summed E-state index contributed by atoms with van der Waals surface area (Å²) in [6, 6.07) is 5.20. The third kappa shape index (κ3) is 2.20. The van der Waals surface area contributed by atoms with Crippen LogP contribution in [0.1, 0.15) is 5.69 Å². The highest BCUT2D eigenvalue weighted by atomic mass is 127. The quantitative estimate of drug-likeness (QED) is 0.541. The first-order valence-electron chi connectivity index (χ1n) is 5.60. The number of aryl methyl sites for hydroxylation is 1. The molecular weight excluding hydrogens is 378 g/mol. The van der Waals surface area contributed by atoms with Crippen LogP contribution in [0.25, 0.3) is 11.0 Å².